The largest absolute Gasteiger partial charge is 0.495 e. The number of ether oxygens (including phenoxy) is 1. The molecule has 0 fully saturated rings. The normalized spacial score (nSPS) is 12.7. The molecule has 0 radical (unpaired) electrons. The van der Waals surface area contributed by atoms with E-state index in [0.717, 1.165) is 21.2 Å². The molecular weight excluding hydrogens is 258 g/mol. The molecule has 15 heavy (non-hydrogen) atoms. The molecule has 0 saturated heterocycles. The summed E-state index contributed by atoms with van der Waals surface area (Å²) in [5.41, 5.74) is 8.83. The summed E-state index contributed by atoms with van der Waals surface area (Å²) in [4.78, 5) is 0. The Hall–Kier alpha value is -0.580. The van der Waals surface area contributed by atoms with E-state index >= 15 is 0 Å². The standard InChI is InChI=1S/C11H16BrNO2/c1-6-4-7(2)10(12)11(15-3)9(6)8(13)5-14/h4,8,14H,5,13H2,1-3H3. The Morgan fingerprint density at radius 1 is 1.47 bits per heavy atom. The Kier molecular flexibility index (Phi) is 4.13. The van der Waals surface area contributed by atoms with Crippen molar-refractivity contribution in [2.24, 2.45) is 5.73 Å². The van der Waals surface area contributed by atoms with Gasteiger partial charge in [-0.05, 0) is 40.9 Å². The summed E-state index contributed by atoms with van der Waals surface area (Å²) in [5.74, 6) is 0.717. The van der Waals surface area contributed by atoms with Crippen LogP contribution in [0.3, 0.4) is 0 Å². The van der Waals surface area contributed by atoms with Crippen molar-refractivity contribution in [3.05, 3.63) is 27.2 Å². The highest BCUT2D eigenvalue weighted by atomic mass is 79.9. The average molecular weight is 274 g/mol. The van der Waals surface area contributed by atoms with E-state index in [2.05, 4.69) is 15.9 Å². The van der Waals surface area contributed by atoms with Gasteiger partial charge in [-0.3, -0.25) is 0 Å². The third-order valence-electron chi connectivity index (χ3n) is 2.42. The lowest BCUT2D eigenvalue weighted by Crippen LogP contribution is -2.17. The van der Waals surface area contributed by atoms with Gasteiger partial charge in [-0.1, -0.05) is 6.07 Å². The molecule has 0 spiro atoms. The maximum Gasteiger partial charge on any atom is 0.138 e. The third kappa shape index (κ3) is 2.33. The van der Waals surface area contributed by atoms with Gasteiger partial charge < -0.3 is 15.6 Å². The first kappa shape index (κ1) is 12.5. The van der Waals surface area contributed by atoms with E-state index in [0.29, 0.717) is 5.75 Å². The van der Waals surface area contributed by atoms with Crippen LogP contribution in [-0.2, 0) is 0 Å². The molecule has 0 aliphatic carbocycles. The number of aliphatic hydroxyl groups is 1. The minimum Gasteiger partial charge on any atom is -0.495 e. The third-order valence-corrected chi connectivity index (χ3v) is 3.41. The van der Waals surface area contributed by atoms with Crippen LogP contribution in [0.1, 0.15) is 22.7 Å². The molecule has 4 heteroatoms. The Labute approximate surface area is 98.4 Å². The Morgan fingerprint density at radius 2 is 2.07 bits per heavy atom. The number of aliphatic hydroxyl groups excluding tert-OH is 1. The predicted octanol–water partition coefficient (Wildman–Crippen LogP) is 2.07. The van der Waals surface area contributed by atoms with Gasteiger partial charge in [0, 0.05) is 5.56 Å². The molecule has 1 aromatic rings. The molecule has 3 nitrogen and oxygen atoms in total. The SMILES string of the molecule is COc1c(Br)c(C)cc(C)c1C(N)CO. The van der Waals surface area contributed by atoms with E-state index in [1.165, 1.54) is 0 Å². The molecule has 1 atom stereocenters. The fraction of sp³-hybridized carbons (Fsp3) is 0.455. The molecule has 84 valence electrons. The Balaban J connectivity index is 3.41. The molecule has 1 rings (SSSR count). The highest BCUT2D eigenvalue weighted by molar-refractivity contribution is 9.10. The molecule has 0 amide bonds. The molecule has 3 N–H and O–H groups in total. The number of benzene rings is 1. The van der Waals surface area contributed by atoms with Crippen molar-refractivity contribution in [3.8, 4) is 5.75 Å². The van der Waals surface area contributed by atoms with Crippen molar-refractivity contribution in [1.29, 1.82) is 0 Å². The zero-order valence-corrected chi connectivity index (χ0v) is 10.8. The molecule has 0 aliphatic rings. The van der Waals surface area contributed by atoms with E-state index in [1.54, 1.807) is 7.11 Å². The van der Waals surface area contributed by atoms with Gasteiger partial charge in [0.05, 0.1) is 24.2 Å². The maximum absolute atomic E-state index is 9.10. The van der Waals surface area contributed by atoms with Gasteiger partial charge in [-0.25, -0.2) is 0 Å². The van der Waals surface area contributed by atoms with Crippen molar-refractivity contribution in [3.63, 3.8) is 0 Å². The summed E-state index contributed by atoms with van der Waals surface area (Å²) in [5, 5.41) is 9.10. The quantitative estimate of drug-likeness (QED) is 0.887. The van der Waals surface area contributed by atoms with E-state index in [-0.39, 0.29) is 6.61 Å². The van der Waals surface area contributed by atoms with Crippen molar-refractivity contribution in [2.75, 3.05) is 13.7 Å². The van der Waals surface area contributed by atoms with Crippen molar-refractivity contribution < 1.29 is 9.84 Å². The van der Waals surface area contributed by atoms with Crippen molar-refractivity contribution >= 4 is 15.9 Å². The highest BCUT2D eigenvalue weighted by Crippen LogP contribution is 2.37. The molecule has 0 aromatic heterocycles. The van der Waals surface area contributed by atoms with Crippen LogP contribution in [0.4, 0.5) is 0 Å². The number of nitrogens with two attached hydrogens (primary N) is 1. The Bertz CT molecular complexity index is 366. The molecule has 0 bridgehead atoms. The molecule has 1 unspecified atom stereocenters. The molecule has 0 aliphatic heterocycles. The van der Waals surface area contributed by atoms with Gasteiger partial charge in [-0.2, -0.15) is 0 Å². The summed E-state index contributed by atoms with van der Waals surface area (Å²) in [6.07, 6.45) is 0. The zero-order valence-electron chi connectivity index (χ0n) is 9.17. The number of halogens is 1. The number of aryl methyl sites for hydroxylation is 2. The molecule has 1 aromatic carbocycles. The Morgan fingerprint density at radius 3 is 2.53 bits per heavy atom. The fourth-order valence-electron chi connectivity index (χ4n) is 1.69. The second-order valence-corrected chi connectivity index (χ2v) is 4.35. The van der Waals surface area contributed by atoms with Gasteiger partial charge in [0.25, 0.3) is 0 Å². The van der Waals surface area contributed by atoms with Crippen molar-refractivity contribution in [2.45, 2.75) is 19.9 Å². The van der Waals surface area contributed by atoms with Crippen molar-refractivity contribution in [1.82, 2.24) is 0 Å². The van der Waals surface area contributed by atoms with Crippen LogP contribution in [0.5, 0.6) is 5.75 Å². The average Bonchev–Trinajstić information content (AvgIpc) is 2.21. The molecular formula is C11H16BrNO2. The van der Waals surface area contributed by atoms with Gasteiger partial charge >= 0.3 is 0 Å². The number of hydrogen-bond donors (Lipinski definition) is 2. The van der Waals surface area contributed by atoms with E-state index < -0.39 is 6.04 Å². The van der Waals surface area contributed by atoms with Gasteiger partial charge in [-0.15, -0.1) is 0 Å². The summed E-state index contributed by atoms with van der Waals surface area (Å²) in [6, 6.07) is 1.62. The number of rotatable bonds is 3. The maximum atomic E-state index is 9.10. The predicted molar refractivity (Wildman–Crippen MR) is 64.2 cm³/mol. The van der Waals surface area contributed by atoms with Crippen LogP contribution < -0.4 is 10.5 Å². The van der Waals surface area contributed by atoms with E-state index in [4.69, 9.17) is 15.6 Å². The summed E-state index contributed by atoms with van der Waals surface area (Å²) < 4.78 is 6.22. The first-order valence-electron chi connectivity index (χ1n) is 4.73. The van der Waals surface area contributed by atoms with Gasteiger partial charge in [0.15, 0.2) is 0 Å². The molecule has 0 saturated carbocycles. The minimum absolute atomic E-state index is 0.0906. The minimum atomic E-state index is -0.406. The summed E-state index contributed by atoms with van der Waals surface area (Å²) in [6.45, 7) is 3.87. The summed E-state index contributed by atoms with van der Waals surface area (Å²) >= 11 is 3.46. The van der Waals surface area contributed by atoms with E-state index in [1.807, 2.05) is 19.9 Å². The number of methoxy groups -OCH3 is 1. The first-order valence-corrected chi connectivity index (χ1v) is 5.52. The summed E-state index contributed by atoms with van der Waals surface area (Å²) in [7, 11) is 1.60. The lowest BCUT2D eigenvalue weighted by molar-refractivity contribution is 0.264. The smallest absolute Gasteiger partial charge is 0.138 e. The van der Waals surface area contributed by atoms with Gasteiger partial charge in [0.2, 0.25) is 0 Å². The molecule has 0 heterocycles. The monoisotopic (exact) mass is 273 g/mol. The lowest BCUT2D eigenvalue weighted by atomic mass is 9.99. The zero-order chi connectivity index (χ0) is 11.6. The first-order chi connectivity index (χ1) is 7.02. The van der Waals surface area contributed by atoms with Crippen LogP contribution >= 0.6 is 15.9 Å². The lowest BCUT2D eigenvalue weighted by Gasteiger charge is -2.19. The highest BCUT2D eigenvalue weighted by Gasteiger charge is 2.18. The van der Waals surface area contributed by atoms with Crippen LogP contribution in [-0.4, -0.2) is 18.8 Å². The van der Waals surface area contributed by atoms with Crippen LogP contribution in [0.15, 0.2) is 10.5 Å². The van der Waals surface area contributed by atoms with Crippen LogP contribution in [0, 0.1) is 13.8 Å². The van der Waals surface area contributed by atoms with E-state index in [9.17, 15) is 0 Å². The second-order valence-electron chi connectivity index (χ2n) is 3.56. The fourth-order valence-corrected chi connectivity index (χ4v) is 2.18. The van der Waals surface area contributed by atoms with Gasteiger partial charge in [0.1, 0.15) is 5.75 Å². The van der Waals surface area contributed by atoms with Crippen LogP contribution in [0.2, 0.25) is 0 Å². The van der Waals surface area contributed by atoms with Crippen LogP contribution in [0.25, 0.3) is 0 Å². The topological polar surface area (TPSA) is 55.5 Å². The second kappa shape index (κ2) is 4.96. The number of hydrogen-bond acceptors (Lipinski definition) is 3.